The average Bonchev–Trinajstić information content (AvgIpc) is 3.13. The van der Waals surface area contributed by atoms with Gasteiger partial charge in [0.15, 0.2) is 0 Å². The molecule has 1 N–H and O–H groups in total. The Bertz CT molecular complexity index is 1220. The van der Waals surface area contributed by atoms with E-state index in [9.17, 15) is 24.3 Å². The predicted octanol–water partition coefficient (Wildman–Crippen LogP) is 4.96. The Kier molecular flexibility index (Phi) is 10.4. The lowest BCUT2D eigenvalue weighted by molar-refractivity contribution is -0.173. The first kappa shape index (κ1) is 33.0. The van der Waals surface area contributed by atoms with Gasteiger partial charge in [0.05, 0.1) is 5.56 Å². The van der Waals surface area contributed by atoms with Gasteiger partial charge in [-0.05, 0) is 37.0 Å². The van der Waals surface area contributed by atoms with Crippen LogP contribution in [0, 0.1) is 23.2 Å². The molecular formula is C33H44O9. The van der Waals surface area contributed by atoms with Gasteiger partial charge in [0.25, 0.3) is 0 Å². The summed E-state index contributed by atoms with van der Waals surface area (Å²) < 4.78 is 23.3. The van der Waals surface area contributed by atoms with E-state index >= 15 is 0 Å². The minimum Gasteiger partial charge on any atom is -0.461 e. The fourth-order valence-corrected chi connectivity index (χ4v) is 6.17. The Hall–Kier alpha value is -3.46. The largest absolute Gasteiger partial charge is 0.461 e. The van der Waals surface area contributed by atoms with Crippen LogP contribution in [0.1, 0.15) is 78.6 Å². The standard InChI is InChI=1S/C33H44O9/c1-19-14-15-32(7,8)28(40-23(5)35)17-27(39-22(4)34)20(2)16-26-29(42-31(37)25-12-10-9-11-13-25)21(3)18-33(26,38)30(19)41-24(6)36/h9-16,19,21,26-30,38H,17-18H2,1-8H3/b15-14-,20-16+/t19-,21-,26-,27+,28+,29-,30-,33+/m0/s1. The summed E-state index contributed by atoms with van der Waals surface area (Å²) in [6.45, 7) is 13.2. The molecule has 9 nitrogen and oxygen atoms in total. The van der Waals surface area contributed by atoms with Crippen LogP contribution in [-0.4, -0.2) is 59.0 Å². The summed E-state index contributed by atoms with van der Waals surface area (Å²) in [5.74, 6) is -3.71. The van der Waals surface area contributed by atoms with Gasteiger partial charge in [-0.2, -0.15) is 0 Å². The Balaban J connectivity index is 2.20. The monoisotopic (exact) mass is 584 g/mol. The molecule has 1 aromatic carbocycles. The number of ether oxygens (including phenoxy) is 4. The fourth-order valence-electron chi connectivity index (χ4n) is 6.17. The van der Waals surface area contributed by atoms with Crippen molar-refractivity contribution in [3.63, 3.8) is 0 Å². The van der Waals surface area contributed by atoms with E-state index in [1.54, 1.807) is 43.3 Å². The molecule has 2 aliphatic carbocycles. The Labute approximate surface area is 248 Å². The summed E-state index contributed by atoms with van der Waals surface area (Å²) in [5, 5.41) is 12.5. The first-order valence-electron chi connectivity index (χ1n) is 14.4. The van der Waals surface area contributed by atoms with Crippen LogP contribution in [0.5, 0.6) is 0 Å². The zero-order chi connectivity index (χ0) is 31.4. The molecule has 0 amide bonds. The van der Waals surface area contributed by atoms with Crippen LogP contribution in [-0.2, 0) is 33.3 Å². The highest BCUT2D eigenvalue weighted by molar-refractivity contribution is 5.89. The van der Waals surface area contributed by atoms with Crippen molar-refractivity contribution >= 4 is 23.9 Å². The van der Waals surface area contributed by atoms with Crippen molar-refractivity contribution < 1.29 is 43.2 Å². The number of fused-ring (bicyclic) bond motifs is 1. The van der Waals surface area contributed by atoms with Gasteiger partial charge in [0, 0.05) is 44.4 Å². The van der Waals surface area contributed by atoms with Crippen molar-refractivity contribution in [2.45, 2.75) is 98.2 Å². The van der Waals surface area contributed by atoms with E-state index < -0.39 is 71.1 Å². The zero-order valence-electron chi connectivity index (χ0n) is 25.8. The lowest BCUT2D eigenvalue weighted by Crippen LogP contribution is -2.52. The third-order valence-corrected chi connectivity index (χ3v) is 8.31. The number of benzene rings is 1. The highest BCUT2D eigenvalue weighted by atomic mass is 16.6. The molecule has 0 radical (unpaired) electrons. The summed E-state index contributed by atoms with van der Waals surface area (Å²) >= 11 is 0. The zero-order valence-corrected chi connectivity index (χ0v) is 25.8. The average molecular weight is 585 g/mol. The van der Waals surface area contributed by atoms with E-state index in [1.807, 2.05) is 39.8 Å². The van der Waals surface area contributed by atoms with E-state index in [2.05, 4.69) is 0 Å². The topological polar surface area (TPSA) is 125 Å². The van der Waals surface area contributed by atoms with Crippen LogP contribution < -0.4 is 0 Å². The molecule has 0 aliphatic heterocycles. The SMILES string of the molecule is CC(=O)O[C@@H]1C[C@@H](OC(C)=O)C(C)(C)/C=C\[C@H](C)[C@H](OC(C)=O)[C@@]2(O)C[C@H](C)[C@H](OC(=O)c3ccccc3)[C@@H]2/C=C/1C. The van der Waals surface area contributed by atoms with Crippen LogP contribution >= 0.6 is 0 Å². The molecule has 3 rings (SSSR count). The molecule has 8 atom stereocenters. The molecule has 0 heterocycles. The van der Waals surface area contributed by atoms with E-state index in [0.717, 1.165) is 0 Å². The minimum absolute atomic E-state index is 0.162. The number of esters is 4. The van der Waals surface area contributed by atoms with Crippen molar-refractivity contribution in [2.24, 2.45) is 23.2 Å². The quantitative estimate of drug-likeness (QED) is 0.290. The first-order chi connectivity index (χ1) is 19.5. The summed E-state index contributed by atoms with van der Waals surface area (Å²) in [7, 11) is 0. The molecule has 0 unspecified atom stereocenters. The Morgan fingerprint density at radius 1 is 0.881 bits per heavy atom. The molecular weight excluding hydrogens is 540 g/mol. The summed E-state index contributed by atoms with van der Waals surface area (Å²) in [6.07, 6.45) is 2.54. The second kappa shape index (κ2) is 13.2. The maximum absolute atomic E-state index is 13.2. The van der Waals surface area contributed by atoms with Gasteiger partial charge in [-0.15, -0.1) is 0 Å². The second-order valence-electron chi connectivity index (χ2n) is 12.3. The van der Waals surface area contributed by atoms with E-state index in [-0.39, 0.29) is 18.8 Å². The maximum Gasteiger partial charge on any atom is 0.338 e. The lowest BCUT2D eigenvalue weighted by Gasteiger charge is -2.41. The van der Waals surface area contributed by atoms with Crippen molar-refractivity contribution in [1.29, 1.82) is 0 Å². The Morgan fingerprint density at radius 2 is 1.48 bits per heavy atom. The molecule has 0 spiro atoms. The number of carbonyl (C=O) groups excluding carboxylic acids is 4. The number of rotatable bonds is 5. The van der Waals surface area contributed by atoms with Gasteiger partial charge in [-0.1, -0.05) is 64.1 Å². The smallest absolute Gasteiger partial charge is 0.338 e. The van der Waals surface area contributed by atoms with Crippen LogP contribution in [0.4, 0.5) is 0 Å². The molecule has 0 saturated heterocycles. The van der Waals surface area contributed by atoms with Crippen molar-refractivity contribution in [2.75, 3.05) is 0 Å². The van der Waals surface area contributed by atoms with Crippen LogP contribution in [0.3, 0.4) is 0 Å². The molecule has 9 heteroatoms. The highest BCUT2D eigenvalue weighted by Gasteiger charge is 2.58. The van der Waals surface area contributed by atoms with Crippen LogP contribution in [0.2, 0.25) is 0 Å². The van der Waals surface area contributed by atoms with Gasteiger partial charge in [0.1, 0.15) is 30.0 Å². The van der Waals surface area contributed by atoms with Crippen molar-refractivity contribution in [1.82, 2.24) is 0 Å². The van der Waals surface area contributed by atoms with Crippen LogP contribution in [0.25, 0.3) is 0 Å². The first-order valence-corrected chi connectivity index (χ1v) is 14.4. The molecule has 1 saturated carbocycles. The second-order valence-corrected chi connectivity index (χ2v) is 12.3. The van der Waals surface area contributed by atoms with Gasteiger partial charge in [-0.25, -0.2) is 4.79 Å². The van der Waals surface area contributed by atoms with E-state index in [1.165, 1.54) is 20.8 Å². The summed E-state index contributed by atoms with van der Waals surface area (Å²) in [4.78, 5) is 49.9. The molecule has 0 aromatic heterocycles. The van der Waals surface area contributed by atoms with Crippen molar-refractivity contribution in [3.8, 4) is 0 Å². The molecule has 230 valence electrons. The number of carbonyl (C=O) groups is 4. The van der Waals surface area contributed by atoms with Gasteiger partial charge in [-0.3, -0.25) is 14.4 Å². The molecule has 0 bridgehead atoms. The van der Waals surface area contributed by atoms with E-state index in [0.29, 0.717) is 11.1 Å². The number of hydrogen-bond acceptors (Lipinski definition) is 9. The fraction of sp³-hybridized carbons (Fsp3) is 0.576. The Morgan fingerprint density at radius 3 is 2.05 bits per heavy atom. The van der Waals surface area contributed by atoms with Gasteiger partial charge >= 0.3 is 23.9 Å². The molecule has 42 heavy (non-hydrogen) atoms. The normalized spacial score (nSPS) is 34.7. The highest BCUT2D eigenvalue weighted by Crippen LogP contribution is 2.48. The third kappa shape index (κ3) is 7.68. The van der Waals surface area contributed by atoms with Gasteiger partial charge in [0.2, 0.25) is 0 Å². The van der Waals surface area contributed by atoms with Gasteiger partial charge < -0.3 is 24.1 Å². The molecule has 1 fully saturated rings. The third-order valence-electron chi connectivity index (χ3n) is 8.31. The van der Waals surface area contributed by atoms with E-state index in [4.69, 9.17) is 18.9 Å². The predicted molar refractivity (Wildman–Crippen MR) is 155 cm³/mol. The molecule has 2 aliphatic rings. The van der Waals surface area contributed by atoms with Crippen LogP contribution in [0.15, 0.2) is 54.1 Å². The summed E-state index contributed by atoms with van der Waals surface area (Å²) in [6, 6.07) is 8.57. The number of aliphatic hydroxyl groups is 1. The maximum atomic E-state index is 13.2. The van der Waals surface area contributed by atoms with Crippen molar-refractivity contribution in [3.05, 3.63) is 59.7 Å². The lowest BCUT2D eigenvalue weighted by atomic mass is 9.75. The summed E-state index contributed by atoms with van der Waals surface area (Å²) in [5.41, 5.74) is -1.39. The minimum atomic E-state index is -1.63. The number of hydrogen-bond donors (Lipinski definition) is 1. The molecule has 1 aromatic rings.